The highest BCUT2D eigenvalue weighted by Crippen LogP contribution is 2.42. The summed E-state index contributed by atoms with van der Waals surface area (Å²) in [4.78, 5) is 18.3. The summed E-state index contributed by atoms with van der Waals surface area (Å²) < 4.78 is 7.43. The van der Waals surface area contributed by atoms with Gasteiger partial charge < -0.3 is 20.3 Å². The van der Waals surface area contributed by atoms with Crippen LogP contribution in [0.3, 0.4) is 0 Å². The fourth-order valence-electron chi connectivity index (χ4n) is 5.78. The van der Waals surface area contributed by atoms with E-state index < -0.39 is 0 Å². The predicted molar refractivity (Wildman–Crippen MR) is 150 cm³/mol. The van der Waals surface area contributed by atoms with E-state index in [-0.39, 0.29) is 11.9 Å². The van der Waals surface area contributed by atoms with Crippen LogP contribution in [-0.2, 0) is 4.74 Å². The fraction of sp³-hybridized carbons (Fsp3) is 0.321. The molecule has 0 spiro atoms. The largest absolute Gasteiger partial charge is 0.382 e. The highest BCUT2D eigenvalue weighted by atomic mass is 16.5. The van der Waals surface area contributed by atoms with Gasteiger partial charge in [0.15, 0.2) is 17.3 Å². The number of benzene rings is 1. The second kappa shape index (κ2) is 9.69. The maximum atomic E-state index is 9.84. The number of hydrogen-bond donors (Lipinski definition) is 1. The molecule has 12 heteroatoms. The molecule has 0 amide bonds. The van der Waals surface area contributed by atoms with Crippen LogP contribution in [0.15, 0.2) is 42.7 Å². The van der Waals surface area contributed by atoms with Crippen LogP contribution in [-0.4, -0.2) is 67.6 Å². The maximum absolute atomic E-state index is 9.84. The summed E-state index contributed by atoms with van der Waals surface area (Å²) in [7, 11) is 0. The van der Waals surface area contributed by atoms with E-state index in [9.17, 15) is 5.26 Å². The first-order chi connectivity index (χ1) is 19.6. The van der Waals surface area contributed by atoms with Crippen LogP contribution in [0.4, 0.5) is 17.5 Å². The topological polar surface area (TPSA) is 147 Å². The third-order valence-electron chi connectivity index (χ3n) is 7.71. The standard InChI is InChI=1S/C28H27N11O/c1-17-34-35-24-8-7-22(36-39(17)24)19-5-2-4-18-14-20(28(33-25(18)19)37-10-12-40-13-11-37)23-6-3-9-38(23)27-21(15-29)26(30)31-16-32-27/h2,4-5,7-8,14,16,23H,3,6,9-13H2,1H3,(H2,30,31,32). The van der Waals surface area contributed by atoms with Gasteiger partial charge in [-0.25, -0.2) is 15.0 Å². The number of nitrogens with zero attached hydrogens (tertiary/aromatic N) is 10. The van der Waals surface area contributed by atoms with E-state index >= 15 is 0 Å². The van der Waals surface area contributed by atoms with E-state index in [1.165, 1.54) is 6.33 Å². The Morgan fingerprint density at radius 1 is 1.05 bits per heavy atom. The first-order valence-corrected chi connectivity index (χ1v) is 13.4. The summed E-state index contributed by atoms with van der Waals surface area (Å²) in [6.45, 7) is 5.42. The number of pyridine rings is 1. The third kappa shape index (κ3) is 3.94. The minimum atomic E-state index is -0.0195. The Labute approximate surface area is 230 Å². The average molecular weight is 534 g/mol. The van der Waals surface area contributed by atoms with Gasteiger partial charge in [-0.1, -0.05) is 18.2 Å². The molecule has 1 atom stereocenters. The molecule has 2 N–H and O–H groups in total. The molecule has 2 fully saturated rings. The summed E-state index contributed by atoms with van der Waals surface area (Å²) in [5.74, 6) is 2.41. The van der Waals surface area contributed by atoms with Gasteiger partial charge in [-0.15, -0.1) is 10.2 Å². The number of nitrogens with two attached hydrogens (primary N) is 1. The fourth-order valence-corrected chi connectivity index (χ4v) is 5.78. The number of aryl methyl sites for hydroxylation is 1. The molecule has 200 valence electrons. The molecule has 0 radical (unpaired) electrons. The number of nitrogen functional groups attached to an aromatic ring is 1. The lowest BCUT2D eigenvalue weighted by Gasteiger charge is -2.34. The van der Waals surface area contributed by atoms with Crippen molar-refractivity contribution in [1.29, 1.82) is 5.26 Å². The van der Waals surface area contributed by atoms with Crippen molar-refractivity contribution in [3.63, 3.8) is 0 Å². The number of aromatic nitrogens is 7. The molecule has 40 heavy (non-hydrogen) atoms. The van der Waals surface area contributed by atoms with Crippen molar-refractivity contribution in [2.24, 2.45) is 0 Å². The van der Waals surface area contributed by atoms with Gasteiger partial charge in [0.1, 0.15) is 29.6 Å². The summed E-state index contributed by atoms with van der Waals surface area (Å²) >= 11 is 0. The van der Waals surface area contributed by atoms with Gasteiger partial charge in [0, 0.05) is 36.1 Å². The molecule has 7 rings (SSSR count). The van der Waals surface area contributed by atoms with Crippen molar-refractivity contribution < 1.29 is 4.74 Å². The van der Waals surface area contributed by atoms with E-state index in [1.807, 2.05) is 25.1 Å². The first kappa shape index (κ1) is 24.2. The van der Waals surface area contributed by atoms with Crippen molar-refractivity contribution in [3.8, 4) is 17.3 Å². The summed E-state index contributed by atoms with van der Waals surface area (Å²) in [5.41, 5.74) is 10.8. The first-order valence-electron chi connectivity index (χ1n) is 13.4. The molecule has 2 aliphatic heterocycles. The Hall–Kier alpha value is -4.89. The molecule has 1 aromatic carbocycles. The van der Waals surface area contributed by atoms with Gasteiger partial charge in [-0.05, 0) is 38.0 Å². The Morgan fingerprint density at radius 2 is 1.93 bits per heavy atom. The smallest absolute Gasteiger partial charge is 0.177 e. The zero-order valence-corrected chi connectivity index (χ0v) is 22.0. The zero-order valence-electron chi connectivity index (χ0n) is 22.0. The lowest BCUT2D eigenvalue weighted by atomic mass is 9.99. The number of rotatable bonds is 4. The number of anilines is 3. The average Bonchev–Trinajstić information content (AvgIpc) is 3.63. The van der Waals surface area contributed by atoms with Crippen molar-refractivity contribution in [3.05, 3.63) is 59.7 Å². The van der Waals surface area contributed by atoms with Gasteiger partial charge >= 0.3 is 0 Å². The van der Waals surface area contributed by atoms with E-state index in [0.717, 1.165) is 71.8 Å². The molecule has 0 saturated carbocycles. The number of ether oxygens (including phenoxy) is 1. The SMILES string of the molecule is Cc1nnc2ccc(-c3cccc4cc(C5CCCN5c5ncnc(N)c5C#N)c(N5CCOCC5)nc34)nn12. The molecule has 2 saturated heterocycles. The van der Waals surface area contributed by atoms with E-state index in [4.69, 9.17) is 20.6 Å². The number of nitriles is 1. The molecule has 6 heterocycles. The number of para-hydroxylation sites is 1. The molecular formula is C28H27N11O. The Morgan fingerprint density at radius 3 is 2.77 bits per heavy atom. The van der Waals surface area contributed by atoms with Gasteiger partial charge in [-0.2, -0.15) is 14.9 Å². The van der Waals surface area contributed by atoms with E-state index in [1.54, 1.807) is 4.52 Å². The maximum Gasteiger partial charge on any atom is 0.177 e. The summed E-state index contributed by atoms with van der Waals surface area (Å²) in [6.07, 6.45) is 3.29. The normalized spacial score (nSPS) is 17.6. The second-order valence-corrected chi connectivity index (χ2v) is 10.0. The van der Waals surface area contributed by atoms with Crippen LogP contribution >= 0.6 is 0 Å². The van der Waals surface area contributed by atoms with Crippen LogP contribution in [0.5, 0.6) is 0 Å². The third-order valence-corrected chi connectivity index (χ3v) is 7.71. The second-order valence-electron chi connectivity index (χ2n) is 10.0. The van der Waals surface area contributed by atoms with Crippen molar-refractivity contribution in [2.75, 3.05) is 48.4 Å². The Bertz CT molecular complexity index is 1790. The number of morpholine rings is 1. The highest BCUT2D eigenvalue weighted by Gasteiger charge is 2.33. The number of fused-ring (bicyclic) bond motifs is 2. The van der Waals surface area contributed by atoms with Gasteiger partial charge in [0.05, 0.1) is 30.5 Å². The molecule has 0 bridgehead atoms. The van der Waals surface area contributed by atoms with Crippen LogP contribution in [0.2, 0.25) is 0 Å². The minimum Gasteiger partial charge on any atom is -0.382 e. The molecule has 1 unspecified atom stereocenters. The molecule has 0 aliphatic carbocycles. The van der Waals surface area contributed by atoms with Crippen molar-refractivity contribution in [1.82, 2.24) is 34.8 Å². The summed E-state index contributed by atoms with van der Waals surface area (Å²) in [6, 6.07) is 14.5. The van der Waals surface area contributed by atoms with Gasteiger partial charge in [0.25, 0.3) is 0 Å². The lowest BCUT2D eigenvalue weighted by Crippen LogP contribution is -2.38. The quantitative estimate of drug-likeness (QED) is 0.363. The monoisotopic (exact) mass is 533 g/mol. The van der Waals surface area contributed by atoms with E-state index in [2.05, 4.69) is 54.2 Å². The van der Waals surface area contributed by atoms with Crippen molar-refractivity contribution in [2.45, 2.75) is 25.8 Å². The van der Waals surface area contributed by atoms with Crippen molar-refractivity contribution >= 4 is 34.0 Å². The molecule has 2 aliphatic rings. The predicted octanol–water partition coefficient (Wildman–Crippen LogP) is 3.07. The molecule has 4 aromatic heterocycles. The minimum absolute atomic E-state index is 0.0195. The van der Waals surface area contributed by atoms with Crippen LogP contribution in [0.1, 0.15) is 35.8 Å². The van der Waals surface area contributed by atoms with Crippen LogP contribution in [0.25, 0.3) is 27.8 Å². The molecule has 12 nitrogen and oxygen atoms in total. The number of hydrogen-bond acceptors (Lipinski definition) is 11. The van der Waals surface area contributed by atoms with Crippen LogP contribution < -0.4 is 15.5 Å². The van der Waals surface area contributed by atoms with Crippen LogP contribution in [0, 0.1) is 18.3 Å². The van der Waals surface area contributed by atoms with Gasteiger partial charge in [-0.3, -0.25) is 0 Å². The molecule has 5 aromatic rings. The Kier molecular flexibility index (Phi) is 5.86. The van der Waals surface area contributed by atoms with E-state index in [0.29, 0.717) is 30.2 Å². The van der Waals surface area contributed by atoms with Gasteiger partial charge in [0.2, 0.25) is 0 Å². The summed E-state index contributed by atoms with van der Waals surface area (Å²) in [5, 5.41) is 24.0. The highest BCUT2D eigenvalue weighted by molar-refractivity contribution is 5.94. The lowest BCUT2D eigenvalue weighted by molar-refractivity contribution is 0.122. The Balaban J connectivity index is 1.40. The molecular weight excluding hydrogens is 506 g/mol. The zero-order chi connectivity index (χ0) is 27.2.